The van der Waals surface area contributed by atoms with Gasteiger partial charge in [0.05, 0.1) is 31.2 Å². The first-order valence-electron chi connectivity index (χ1n) is 14.1. The van der Waals surface area contributed by atoms with Crippen molar-refractivity contribution in [3.63, 3.8) is 0 Å². The molecule has 0 amide bonds. The van der Waals surface area contributed by atoms with Gasteiger partial charge in [-0.3, -0.25) is 0 Å². The van der Waals surface area contributed by atoms with E-state index >= 15 is 4.39 Å². The number of hydrogen-bond acceptors (Lipinski definition) is 10. The highest BCUT2D eigenvalue weighted by atomic mass is 32.1. The molecule has 4 N–H and O–H groups in total. The molecule has 1 fully saturated rings. The third-order valence-electron chi connectivity index (χ3n) is 8.00. The number of imidazole rings is 1. The van der Waals surface area contributed by atoms with Gasteiger partial charge in [0.15, 0.2) is 23.0 Å². The zero-order valence-electron chi connectivity index (χ0n) is 24.1. The van der Waals surface area contributed by atoms with E-state index in [1.54, 1.807) is 4.57 Å². The van der Waals surface area contributed by atoms with Gasteiger partial charge in [-0.1, -0.05) is 41.7 Å². The van der Waals surface area contributed by atoms with Gasteiger partial charge in [-0.15, -0.1) is 0 Å². The topological polar surface area (TPSA) is 127 Å². The van der Waals surface area contributed by atoms with Gasteiger partial charge < -0.3 is 30.4 Å². The molecule has 236 valence electrons. The van der Waals surface area contributed by atoms with Crippen LogP contribution >= 0.6 is 11.3 Å². The number of aliphatic hydroxyl groups excluding tert-OH is 1. The summed E-state index contributed by atoms with van der Waals surface area (Å²) in [6.07, 6.45) is -1.37. The molecular formula is C30H30F4N8O2S. The maximum absolute atomic E-state index is 15.2. The summed E-state index contributed by atoms with van der Waals surface area (Å²) in [6.45, 7) is 0.840. The Labute approximate surface area is 259 Å². The molecule has 0 saturated carbocycles. The van der Waals surface area contributed by atoms with Crippen molar-refractivity contribution in [2.24, 2.45) is 0 Å². The second-order valence-corrected chi connectivity index (χ2v) is 11.8. The van der Waals surface area contributed by atoms with Crippen molar-refractivity contribution < 1.29 is 27.4 Å². The highest BCUT2D eigenvalue weighted by molar-refractivity contribution is 7.19. The van der Waals surface area contributed by atoms with E-state index in [0.29, 0.717) is 41.2 Å². The number of nitrogens with one attached hydrogen (secondary N) is 1. The van der Waals surface area contributed by atoms with Crippen LogP contribution in [0.3, 0.4) is 0 Å². The number of fused-ring (bicyclic) bond motifs is 1. The number of ether oxygens (including phenoxy) is 1. The van der Waals surface area contributed by atoms with Crippen molar-refractivity contribution in [2.75, 3.05) is 30.8 Å². The molecule has 45 heavy (non-hydrogen) atoms. The van der Waals surface area contributed by atoms with Crippen LogP contribution in [-0.4, -0.2) is 67.9 Å². The number of alkyl halides is 2. The first-order chi connectivity index (χ1) is 21.7. The lowest BCUT2D eigenvalue weighted by Crippen LogP contribution is -2.65. The molecule has 0 spiro atoms. The summed E-state index contributed by atoms with van der Waals surface area (Å²) in [4.78, 5) is 19.1. The molecule has 2 atom stereocenters. The zero-order chi connectivity index (χ0) is 31.7. The number of thiazole rings is 1. The second-order valence-electron chi connectivity index (χ2n) is 10.8. The fraction of sp³-hybridized carbons (Fsp3) is 0.333. The van der Waals surface area contributed by atoms with E-state index in [2.05, 4.69) is 20.3 Å². The number of methoxy groups -OCH3 is 1. The van der Waals surface area contributed by atoms with Crippen molar-refractivity contribution in [1.82, 2.24) is 29.8 Å². The fourth-order valence-electron chi connectivity index (χ4n) is 5.70. The van der Waals surface area contributed by atoms with E-state index in [4.69, 9.17) is 15.5 Å². The molecule has 1 aliphatic rings. The monoisotopic (exact) mass is 642 g/mol. The van der Waals surface area contributed by atoms with Crippen LogP contribution in [0.1, 0.15) is 24.1 Å². The molecular weight excluding hydrogens is 612 g/mol. The SMILES string of the molecule is COc1cc(F)c(-c2nc(Cn3cnc4c(N)ncnc43)c(N3CCCC(NCc4ccccc4)(C(O)C(F)F)C3)s2)cc1F. The number of anilines is 2. The largest absolute Gasteiger partial charge is 0.494 e. The highest BCUT2D eigenvalue weighted by Gasteiger charge is 2.46. The summed E-state index contributed by atoms with van der Waals surface area (Å²) in [7, 11) is 1.24. The minimum Gasteiger partial charge on any atom is -0.494 e. The van der Waals surface area contributed by atoms with Crippen LogP contribution in [0.5, 0.6) is 5.75 Å². The Bertz CT molecular complexity index is 1800. The molecule has 3 aromatic heterocycles. The fourth-order valence-corrected chi connectivity index (χ4v) is 6.81. The van der Waals surface area contributed by atoms with Crippen LogP contribution in [0.25, 0.3) is 21.7 Å². The maximum Gasteiger partial charge on any atom is 0.265 e. The number of benzene rings is 2. The number of aliphatic hydroxyl groups is 1. The van der Waals surface area contributed by atoms with Gasteiger partial charge in [0.2, 0.25) is 0 Å². The first-order valence-corrected chi connectivity index (χ1v) is 15.0. The van der Waals surface area contributed by atoms with Gasteiger partial charge in [0.1, 0.15) is 33.8 Å². The van der Waals surface area contributed by atoms with Crippen LogP contribution in [0.4, 0.5) is 28.4 Å². The molecule has 1 aliphatic heterocycles. The number of nitrogens with zero attached hydrogens (tertiary/aromatic N) is 6. The molecule has 1 saturated heterocycles. The number of halogens is 4. The standard InChI is InChI=1S/C30H30F4N8O2S/c1-44-22-11-19(31)18(10-20(22)32)28-40-21(13-42-16-38-23-26(35)36-15-37-27(23)42)29(45-28)41-9-5-8-30(14-41,24(43)25(33)34)39-12-17-6-3-2-4-7-17/h2-4,6-7,10-11,15-16,24-25,39,43H,5,8-9,12-14H2,1H3,(H2,35,36,37). The molecule has 10 nitrogen and oxygen atoms in total. The van der Waals surface area contributed by atoms with Crippen molar-refractivity contribution >= 4 is 33.3 Å². The maximum atomic E-state index is 15.2. The molecule has 0 radical (unpaired) electrons. The summed E-state index contributed by atoms with van der Waals surface area (Å²) in [5, 5.41) is 14.8. The Kier molecular flexibility index (Phi) is 8.57. The van der Waals surface area contributed by atoms with Gasteiger partial charge in [-0.2, -0.15) is 0 Å². The smallest absolute Gasteiger partial charge is 0.265 e. The number of nitrogens with two attached hydrogens (primary N) is 1. The van der Waals surface area contributed by atoms with E-state index < -0.39 is 29.7 Å². The number of rotatable bonds is 10. The van der Waals surface area contributed by atoms with Crippen LogP contribution < -0.4 is 20.7 Å². The van der Waals surface area contributed by atoms with Gasteiger partial charge >= 0.3 is 0 Å². The van der Waals surface area contributed by atoms with Gasteiger partial charge in [0.25, 0.3) is 6.43 Å². The van der Waals surface area contributed by atoms with Crippen LogP contribution in [-0.2, 0) is 13.1 Å². The van der Waals surface area contributed by atoms with E-state index in [0.717, 1.165) is 29.0 Å². The van der Waals surface area contributed by atoms with Crippen molar-refractivity contribution in [2.45, 2.75) is 44.0 Å². The van der Waals surface area contributed by atoms with E-state index in [1.165, 1.54) is 19.8 Å². The van der Waals surface area contributed by atoms with Crippen LogP contribution in [0.2, 0.25) is 0 Å². The minimum absolute atomic E-state index is 0.0131. The molecule has 2 unspecified atom stereocenters. The highest BCUT2D eigenvalue weighted by Crippen LogP contribution is 2.41. The average molecular weight is 643 g/mol. The van der Waals surface area contributed by atoms with Crippen molar-refractivity contribution in [3.8, 4) is 16.3 Å². The Hall–Kier alpha value is -4.34. The van der Waals surface area contributed by atoms with Crippen LogP contribution in [0, 0.1) is 11.6 Å². The van der Waals surface area contributed by atoms with Crippen molar-refractivity contribution in [1.29, 1.82) is 0 Å². The Morgan fingerprint density at radius 3 is 2.69 bits per heavy atom. The number of aromatic nitrogens is 5. The second kappa shape index (κ2) is 12.6. The molecule has 0 bridgehead atoms. The van der Waals surface area contributed by atoms with Gasteiger partial charge in [0, 0.05) is 31.3 Å². The molecule has 2 aromatic carbocycles. The summed E-state index contributed by atoms with van der Waals surface area (Å²) < 4.78 is 64.9. The number of hydrogen-bond donors (Lipinski definition) is 3. The van der Waals surface area contributed by atoms with E-state index in [-0.39, 0.29) is 41.8 Å². The third-order valence-corrected chi connectivity index (χ3v) is 9.19. The van der Waals surface area contributed by atoms with Crippen LogP contribution in [0.15, 0.2) is 55.1 Å². The summed E-state index contributed by atoms with van der Waals surface area (Å²) in [5.41, 5.74) is 6.68. The normalized spacial score (nSPS) is 17.7. The Balaban J connectivity index is 1.41. The van der Waals surface area contributed by atoms with Crippen molar-refractivity contribution in [3.05, 3.63) is 78.0 Å². The summed E-state index contributed by atoms with van der Waals surface area (Å²) in [5.74, 6) is -1.55. The summed E-state index contributed by atoms with van der Waals surface area (Å²) >= 11 is 1.10. The molecule has 4 heterocycles. The lowest BCUT2D eigenvalue weighted by molar-refractivity contribution is -0.0657. The Morgan fingerprint density at radius 1 is 1.13 bits per heavy atom. The lowest BCUT2D eigenvalue weighted by Gasteiger charge is -2.46. The molecule has 15 heteroatoms. The van der Waals surface area contributed by atoms with E-state index in [1.807, 2.05) is 35.2 Å². The lowest BCUT2D eigenvalue weighted by atomic mass is 9.83. The Morgan fingerprint density at radius 2 is 1.93 bits per heavy atom. The quantitative estimate of drug-likeness (QED) is 0.187. The number of piperidine rings is 1. The molecule has 5 aromatic rings. The average Bonchev–Trinajstić information content (AvgIpc) is 3.66. The summed E-state index contributed by atoms with van der Waals surface area (Å²) in [6, 6.07) is 11.3. The molecule has 6 rings (SSSR count). The zero-order valence-corrected chi connectivity index (χ0v) is 24.9. The van der Waals surface area contributed by atoms with Gasteiger partial charge in [-0.25, -0.2) is 37.5 Å². The predicted molar refractivity (Wildman–Crippen MR) is 162 cm³/mol. The first kappa shape index (κ1) is 30.7. The predicted octanol–water partition coefficient (Wildman–Crippen LogP) is 4.62. The van der Waals surface area contributed by atoms with E-state index in [9.17, 15) is 18.3 Å². The molecule has 0 aliphatic carbocycles. The number of nitrogen functional groups attached to an aromatic ring is 1. The van der Waals surface area contributed by atoms with Gasteiger partial charge in [-0.05, 0) is 24.5 Å². The minimum atomic E-state index is -3.00. The third kappa shape index (κ3) is 6.02.